The van der Waals surface area contributed by atoms with Crippen LogP contribution in [-0.4, -0.2) is 60.8 Å². The summed E-state index contributed by atoms with van der Waals surface area (Å²) in [5.74, 6) is 0.489. The molecule has 2 heterocycles. The van der Waals surface area contributed by atoms with Crippen LogP contribution in [0, 0.1) is 23.2 Å². The molecule has 6 nitrogen and oxygen atoms in total. The van der Waals surface area contributed by atoms with Crippen molar-refractivity contribution in [3.05, 3.63) is 35.6 Å². The quantitative estimate of drug-likeness (QED) is 0.277. The van der Waals surface area contributed by atoms with E-state index in [-0.39, 0.29) is 17.5 Å². The first-order valence-corrected chi connectivity index (χ1v) is 10.1. The van der Waals surface area contributed by atoms with Crippen molar-refractivity contribution in [3.8, 4) is 6.19 Å². The summed E-state index contributed by atoms with van der Waals surface area (Å²) in [6.07, 6.45) is 7.14. The van der Waals surface area contributed by atoms with Crippen molar-refractivity contribution < 1.29 is 9.18 Å². The molecule has 150 valence electrons. The van der Waals surface area contributed by atoms with Crippen molar-refractivity contribution in [2.75, 3.05) is 39.3 Å². The second kappa shape index (κ2) is 10.2. The van der Waals surface area contributed by atoms with Crippen LogP contribution >= 0.6 is 0 Å². The Morgan fingerprint density at radius 2 is 1.82 bits per heavy atom. The van der Waals surface area contributed by atoms with Gasteiger partial charge in [-0.3, -0.25) is 15.1 Å². The highest BCUT2D eigenvalue weighted by Crippen LogP contribution is 2.22. The molecule has 1 N–H and O–H groups in total. The Morgan fingerprint density at radius 3 is 2.46 bits per heavy atom. The summed E-state index contributed by atoms with van der Waals surface area (Å²) < 4.78 is 13.0. The number of aliphatic imine (C=N–C) groups is 1. The topological polar surface area (TPSA) is 71.7 Å². The van der Waals surface area contributed by atoms with E-state index in [2.05, 4.69) is 20.1 Å². The Morgan fingerprint density at radius 1 is 1.14 bits per heavy atom. The minimum atomic E-state index is -0.318. The molecular weight excluding hydrogens is 357 g/mol. The van der Waals surface area contributed by atoms with Crippen LogP contribution in [0.4, 0.5) is 4.39 Å². The number of benzene rings is 1. The van der Waals surface area contributed by atoms with Gasteiger partial charge >= 0.3 is 0 Å². The van der Waals surface area contributed by atoms with Gasteiger partial charge in [0.2, 0.25) is 5.96 Å². The fourth-order valence-electron chi connectivity index (χ4n) is 3.94. The molecule has 0 bridgehead atoms. The predicted molar refractivity (Wildman–Crippen MR) is 106 cm³/mol. The van der Waals surface area contributed by atoms with Gasteiger partial charge in [0, 0.05) is 31.1 Å². The molecule has 0 unspecified atom stereocenters. The zero-order valence-electron chi connectivity index (χ0n) is 16.2. The lowest BCUT2D eigenvalue weighted by molar-refractivity contribution is 0.0842. The molecule has 1 aromatic carbocycles. The third-order valence-corrected chi connectivity index (χ3v) is 5.59. The van der Waals surface area contributed by atoms with E-state index in [1.165, 1.54) is 18.6 Å². The van der Waals surface area contributed by atoms with E-state index in [9.17, 15) is 9.18 Å². The van der Waals surface area contributed by atoms with Crippen LogP contribution in [0.5, 0.6) is 0 Å². The van der Waals surface area contributed by atoms with Crippen molar-refractivity contribution in [2.24, 2.45) is 10.9 Å². The van der Waals surface area contributed by atoms with Crippen molar-refractivity contribution in [2.45, 2.75) is 32.1 Å². The molecule has 3 rings (SSSR count). The van der Waals surface area contributed by atoms with Crippen LogP contribution in [0.1, 0.15) is 42.5 Å². The average molecular weight is 385 g/mol. The lowest BCUT2D eigenvalue weighted by Gasteiger charge is -2.31. The van der Waals surface area contributed by atoms with Crippen LogP contribution in [0.15, 0.2) is 29.3 Å². The zero-order chi connectivity index (χ0) is 19.8. The minimum absolute atomic E-state index is 0.00868. The Balaban J connectivity index is 1.45. The Hall–Kier alpha value is -2.46. The van der Waals surface area contributed by atoms with Gasteiger partial charge in [0.15, 0.2) is 12.0 Å². The number of guanidine groups is 1. The summed E-state index contributed by atoms with van der Waals surface area (Å²) in [6, 6.07) is 5.83. The highest BCUT2D eigenvalue weighted by molar-refractivity contribution is 5.97. The maximum absolute atomic E-state index is 13.0. The van der Waals surface area contributed by atoms with Gasteiger partial charge < -0.3 is 9.80 Å². The van der Waals surface area contributed by atoms with Gasteiger partial charge in [-0.2, -0.15) is 5.26 Å². The molecule has 0 aromatic heterocycles. The number of nitrogens with one attached hydrogen (secondary N) is 1. The van der Waals surface area contributed by atoms with Gasteiger partial charge in [-0.25, -0.2) is 4.39 Å². The number of nitrogens with zero attached hydrogens (tertiary/aromatic N) is 4. The maximum Gasteiger partial charge on any atom is 0.207 e. The number of rotatable bonds is 5. The number of hydrogen-bond acceptors (Lipinski definition) is 4. The molecule has 1 aromatic rings. The van der Waals surface area contributed by atoms with Crippen LogP contribution in [-0.2, 0) is 0 Å². The SMILES string of the molecule is N#CNC(=NCCN1CCC(C(=O)c2ccc(F)cc2)CC1)N1CCCCC1. The predicted octanol–water partition coefficient (Wildman–Crippen LogP) is 2.63. The lowest BCUT2D eigenvalue weighted by atomic mass is 9.89. The highest BCUT2D eigenvalue weighted by atomic mass is 19.1. The number of nitriles is 1. The normalized spacial score (nSPS) is 19.3. The van der Waals surface area contributed by atoms with Gasteiger partial charge in [-0.05, 0) is 69.5 Å². The molecule has 0 spiro atoms. The van der Waals surface area contributed by atoms with E-state index in [1.54, 1.807) is 12.1 Å². The maximum atomic E-state index is 13.0. The number of carbonyl (C=O) groups is 1. The Labute approximate surface area is 166 Å². The van der Waals surface area contributed by atoms with E-state index in [0.717, 1.165) is 58.4 Å². The number of halogens is 1. The number of carbonyl (C=O) groups excluding carboxylic acids is 1. The Bertz CT molecular complexity index is 713. The summed E-state index contributed by atoms with van der Waals surface area (Å²) in [7, 11) is 0. The highest BCUT2D eigenvalue weighted by Gasteiger charge is 2.25. The standard InChI is InChI=1S/C21H28FN5O/c22-19-6-4-17(5-7-19)20(28)18-8-13-26(14-9-18)15-10-24-21(25-16-23)27-11-2-1-3-12-27/h4-7,18H,1-3,8-15H2,(H,24,25). The summed E-state index contributed by atoms with van der Waals surface area (Å²) >= 11 is 0. The zero-order valence-corrected chi connectivity index (χ0v) is 16.2. The third-order valence-electron chi connectivity index (χ3n) is 5.59. The molecule has 2 saturated heterocycles. The monoisotopic (exact) mass is 385 g/mol. The molecule has 28 heavy (non-hydrogen) atoms. The summed E-state index contributed by atoms with van der Waals surface area (Å²) in [4.78, 5) is 21.6. The number of ketones is 1. The molecular formula is C21H28FN5O. The van der Waals surface area contributed by atoms with Gasteiger partial charge in [-0.15, -0.1) is 0 Å². The minimum Gasteiger partial charge on any atom is -0.342 e. The smallest absolute Gasteiger partial charge is 0.207 e. The average Bonchev–Trinajstić information content (AvgIpc) is 2.74. The largest absolute Gasteiger partial charge is 0.342 e. The number of Topliss-reactive ketones (excluding diaryl/α,β-unsaturated/α-hetero) is 1. The summed E-state index contributed by atoms with van der Waals surface area (Å²) in [6.45, 7) is 5.07. The van der Waals surface area contributed by atoms with Crippen molar-refractivity contribution in [1.82, 2.24) is 15.1 Å². The van der Waals surface area contributed by atoms with Gasteiger partial charge in [0.05, 0.1) is 6.54 Å². The molecule has 7 heteroatoms. The molecule has 0 amide bonds. The fourth-order valence-corrected chi connectivity index (χ4v) is 3.94. The van der Waals surface area contributed by atoms with Crippen molar-refractivity contribution in [1.29, 1.82) is 5.26 Å². The van der Waals surface area contributed by atoms with Crippen LogP contribution in [0.3, 0.4) is 0 Å². The Kier molecular flexibility index (Phi) is 7.38. The van der Waals surface area contributed by atoms with E-state index in [1.807, 2.05) is 6.19 Å². The summed E-state index contributed by atoms with van der Waals surface area (Å²) in [5, 5.41) is 11.7. The van der Waals surface area contributed by atoms with Crippen LogP contribution < -0.4 is 5.32 Å². The second-order valence-electron chi connectivity index (χ2n) is 7.48. The first kappa shape index (κ1) is 20.3. The first-order valence-electron chi connectivity index (χ1n) is 10.1. The van der Waals surface area contributed by atoms with Crippen LogP contribution in [0.2, 0.25) is 0 Å². The molecule has 0 radical (unpaired) electrons. The molecule has 2 fully saturated rings. The van der Waals surface area contributed by atoms with Crippen LogP contribution in [0.25, 0.3) is 0 Å². The van der Waals surface area contributed by atoms with E-state index >= 15 is 0 Å². The van der Waals surface area contributed by atoms with Gasteiger partial charge in [-0.1, -0.05) is 0 Å². The van der Waals surface area contributed by atoms with E-state index < -0.39 is 0 Å². The van der Waals surface area contributed by atoms with Crippen molar-refractivity contribution in [3.63, 3.8) is 0 Å². The first-order chi connectivity index (χ1) is 13.7. The number of likely N-dealkylation sites (tertiary alicyclic amines) is 2. The molecule has 2 aliphatic rings. The van der Waals surface area contributed by atoms with Gasteiger partial charge in [0.25, 0.3) is 0 Å². The van der Waals surface area contributed by atoms with Gasteiger partial charge in [0.1, 0.15) is 5.82 Å². The molecule has 2 aliphatic heterocycles. The van der Waals surface area contributed by atoms with E-state index in [4.69, 9.17) is 5.26 Å². The van der Waals surface area contributed by atoms with E-state index in [0.29, 0.717) is 18.1 Å². The third kappa shape index (κ3) is 5.52. The molecule has 0 aliphatic carbocycles. The molecule has 0 atom stereocenters. The number of hydrogen-bond donors (Lipinski definition) is 1. The molecule has 0 saturated carbocycles. The number of piperidine rings is 2. The lowest BCUT2D eigenvalue weighted by Crippen LogP contribution is -2.43. The van der Waals surface area contributed by atoms with Crippen molar-refractivity contribution >= 4 is 11.7 Å². The second-order valence-corrected chi connectivity index (χ2v) is 7.48. The fraction of sp³-hybridized carbons (Fsp3) is 0.571. The summed E-state index contributed by atoms with van der Waals surface area (Å²) in [5.41, 5.74) is 0.596.